The maximum Gasteiger partial charge on any atom is 0.330 e. The highest BCUT2D eigenvalue weighted by Crippen LogP contribution is 2.64. The first-order valence-electron chi connectivity index (χ1n) is 6.26. The van der Waals surface area contributed by atoms with E-state index >= 15 is 0 Å². The van der Waals surface area contributed by atoms with Gasteiger partial charge in [-0.15, -0.1) is 0 Å². The number of carbonyl (C=O) groups excluding carboxylic acids is 1. The largest absolute Gasteiger partial charge is 0.459 e. The zero-order valence-corrected chi connectivity index (χ0v) is 9.17. The second kappa shape index (κ2) is 2.89. The van der Waals surface area contributed by atoms with Crippen LogP contribution in [-0.4, -0.2) is 24.3 Å². The summed E-state index contributed by atoms with van der Waals surface area (Å²) < 4.78 is 11.1. The lowest BCUT2D eigenvalue weighted by Gasteiger charge is -2.31. The first-order chi connectivity index (χ1) is 7.78. The lowest BCUT2D eigenvalue weighted by Crippen LogP contribution is -2.34. The van der Waals surface area contributed by atoms with E-state index in [1.807, 2.05) is 0 Å². The van der Waals surface area contributed by atoms with E-state index < -0.39 is 0 Å². The van der Waals surface area contributed by atoms with E-state index in [0.717, 1.165) is 18.3 Å². The molecule has 3 saturated carbocycles. The highest BCUT2D eigenvalue weighted by molar-refractivity contribution is 5.81. The Labute approximate surface area is 94.8 Å². The minimum atomic E-state index is -0.264. The predicted octanol–water partition coefficient (Wildman–Crippen LogP) is 1.53. The van der Waals surface area contributed by atoms with Gasteiger partial charge in [0.15, 0.2) is 0 Å². The van der Waals surface area contributed by atoms with Gasteiger partial charge in [0.05, 0.1) is 12.2 Å². The molecule has 1 heterocycles. The number of epoxide rings is 1. The summed E-state index contributed by atoms with van der Waals surface area (Å²) in [5.74, 6) is 2.64. The van der Waals surface area contributed by atoms with Gasteiger partial charge in [0.25, 0.3) is 0 Å². The third-order valence-electron chi connectivity index (χ3n) is 5.12. The van der Waals surface area contributed by atoms with Crippen molar-refractivity contribution in [3.8, 4) is 0 Å². The van der Waals surface area contributed by atoms with Crippen molar-refractivity contribution >= 4 is 5.97 Å². The smallest absolute Gasteiger partial charge is 0.330 e. The molecule has 0 aromatic rings. The Hall–Kier alpha value is -0.830. The van der Waals surface area contributed by atoms with Crippen LogP contribution >= 0.6 is 0 Å². The molecule has 1 saturated heterocycles. The fourth-order valence-corrected chi connectivity index (χ4v) is 4.58. The van der Waals surface area contributed by atoms with Crippen molar-refractivity contribution in [2.75, 3.05) is 0 Å². The Morgan fingerprint density at radius 2 is 2.19 bits per heavy atom. The number of fused-ring (bicyclic) bond motifs is 7. The molecule has 4 rings (SSSR count). The summed E-state index contributed by atoms with van der Waals surface area (Å²) in [6.45, 7) is 3.46. The molecule has 7 unspecified atom stereocenters. The summed E-state index contributed by atoms with van der Waals surface area (Å²) in [6, 6.07) is 0. The Morgan fingerprint density at radius 3 is 3.00 bits per heavy atom. The van der Waals surface area contributed by atoms with Crippen molar-refractivity contribution in [1.82, 2.24) is 0 Å². The van der Waals surface area contributed by atoms with Gasteiger partial charge < -0.3 is 9.47 Å². The van der Waals surface area contributed by atoms with E-state index in [9.17, 15) is 4.79 Å². The first kappa shape index (κ1) is 9.23. The van der Waals surface area contributed by atoms with Crippen LogP contribution in [0.25, 0.3) is 0 Å². The monoisotopic (exact) mass is 220 g/mol. The molecule has 3 nitrogen and oxygen atoms in total. The number of esters is 1. The van der Waals surface area contributed by atoms with Crippen molar-refractivity contribution < 1.29 is 14.3 Å². The molecule has 16 heavy (non-hydrogen) atoms. The molecular weight excluding hydrogens is 204 g/mol. The molecule has 3 aliphatic carbocycles. The van der Waals surface area contributed by atoms with Gasteiger partial charge in [0.1, 0.15) is 6.10 Å². The fraction of sp³-hybridized carbons (Fsp3) is 0.769. The standard InChI is InChI=1S/C13H16O3/c1-2-11(14)15-9-4-6-3-8(9)12-7(6)5-10-13(12)16-10/h2,6-10,12-13H,1,3-5H2. The van der Waals surface area contributed by atoms with Gasteiger partial charge in [-0.25, -0.2) is 4.79 Å². The molecule has 7 atom stereocenters. The average molecular weight is 220 g/mol. The van der Waals surface area contributed by atoms with Gasteiger partial charge in [0.2, 0.25) is 0 Å². The van der Waals surface area contributed by atoms with E-state index in [-0.39, 0.29) is 12.1 Å². The van der Waals surface area contributed by atoms with Gasteiger partial charge in [-0.1, -0.05) is 6.58 Å². The molecule has 0 spiro atoms. The molecule has 4 fully saturated rings. The Balaban J connectivity index is 1.53. The Bertz CT molecular complexity index is 364. The lowest BCUT2D eigenvalue weighted by atomic mass is 9.79. The first-order valence-corrected chi connectivity index (χ1v) is 6.26. The average Bonchev–Trinajstić information content (AvgIpc) is 2.67. The van der Waals surface area contributed by atoms with Crippen LogP contribution in [0.15, 0.2) is 12.7 Å². The second-order valence-electron chi connectivity index (χ2n) is 5.69. The summed E-state index contributed by atoms with van der Waals surface area (Å²) in [4.78, 5) is 11.3. The summed E-state index contributed by atoms with van der Waals surface area (Å²) in [5, 5.41) is 0. The molecule has 0 amide bonds. The van der Waals surface area contributed by atoms with Gasteiger partial charge >= 0.3 is 5.97 Å². The van der Waals surface area contributed by atoms with Gasteiger partial charge in [0, 0.05) is 12.0 Å². The third kappa shape index (κ3) is 1.05. The van der Waals surface area contributed by atoms with Gasteiger partial charge in [-0.2, -0.15) is 0 Å². The van der Waals surface area contributed by atoms with Crippen LogP contribution in [0.3, 0.4) is 0 Å². The molecule has 0 aromatic heterocycles. The Kier molecular flexibility index (Phi) is 1.67. The van der Waals surface area contributed by atoms with Crippen LogP contribution < -0.4 is 0 Å². The quantitative estimate of drug-likeness (QED) is 0.402. The van der Waals surface area contributed by atoms with Crippen molar-refractivity contribution in [2.45, 2.75) is 37.6 Å². The van der Waals surface area contributed by atoms with E-state index in [1.165, 1.54) is 18.9 Å². The number of rotatable bonds is 2. The molecule has 2 bridgehead atoms. The van der Waals surface area contributed by atoms with Crippen LogP contribution in [0.1, 0.15) is 19.3 Å². The zero-order chi connectivity index (χ0) is 10.9. The summed E-state index contributed by atoms with van der Waals surface area (Å²) in [6.07, 6.45) is 6.05. The third-order valence-corrected chi connectivity index (χ3v) is 5.12. The van der Waals surface area contributed by atoms with Gasteiger partial charge in [-0.05, 0) is 37.0 Å². The van der Waals surface area contributed by atoms with Crippen molar-refractivity contribution in [1.29, 1.82) is 0 Å². The molecule has 4 aliphatic rings. The molecular formula is C13H16O3. The number of ether oxygens (including phenoxy) is 2. The van der Waals surface area contributed by atoms with Gasteiger partial charge in [-0.3, -0.25) is 0 Å². The maximum absolute atomic E-state index is 11.3. The van der Waals surface area contributed by atoms with E-state index in [1.54, 1.807) is 0 Å². The van der Waals surface area contributed by atoms with Crippen molar-refractivity contribution in [2.24, 2.45) is 23.7 Å². The number of hydrogen-bond donors (Lipinski definition) is 0. The van der Waals surface area contributed by atoms with Crippen molar-refractivity contribution in [3.63, 3.8) is 0 Å². The molecule has 3 heteroatoms. The predicted molar refractivity (Wildman–Crippen MR) is 56.5 cm³/mol. The molecule has 0 aromatic carbocycles. The van der Waals surface area contributed by atoms with Crippen LogP contribution in [0, 0.1) is 23.7 Å². The summed E-state index contributed by atoms with van der Waals surface area (Å²) >= 11 is 0. The van der Waals surface area contributed by atoms with E-state index in [4.69, 9.17) is 9.47 Å². The topological polar surface area (TPSA) is 38.8 Å². The molecule has 86 valence electrons. The zero-order valence-electron chi connectivity index (χ0n) is 9.17. The minimum absolute atomic E-state index is 0.139. The normalized spacial score (nSPS) is 55.6. The lowest BCUT2D eigenvalue weighted by molar-refractivity contribution is -0.147. The van der Waals surface area contributed by atoms with E-state index in [2.05, 4.69) is 6.58 Å². The van der Waals surface area contributed by atoms with Crippen LogP contribution in [-0.2, 0) is 14.3 Å². The molecule has 1 aliphatic heterocycles. The van der Waals surface area contributed by atoms with Crippen LogP contribution in [0.2, 0.25) is 0 Å². The number of hydrogen-bond acceptors (Lipinski definition) is 3. The summed E-state index contributed by atoms with van der Waals surface area (Å²) in [5.41, 5.74) is 0. The SMILES string of the molecule is C=CC(=O)OC1CC2CC1C1C2CC2OC21. The fourth-order valence-electron chi connectivity index (χ4n) is 4.58. The van der Waals surface area contributed by atoms with Crippen molar-refractivity contribution in [3.05, 3.63) is 12.7 Å². The van der Waals surface area contributed by atoms with Crippen LogP contribution in [0.5, 0.6) is 0 Å². The molecule has 0 N–H and O–H groups in total. The highest BCUT2D eigenvalue weighted by atomic mass is 16.6. The number of carbonyl (C=O) groups is 1. The second-order valence-corrected chi connectivity index (χ2v) is 5.69. The van der Waals surface area contributed by atoms with E-state index in [0.29, 0.717) is 24.0 Å². The summed E-state index contributed by atoms with van der Waals surface area (Å²) in [7, 11) is 0. The van der Waals surface area contributed by atoms with Crippen LogP contribution in [0.4, 0.5) is 0 Å². The maximum atomic E-state index is 11.3. The minimum Gasteiger partial charge on any atom is -0.459 e. The molecule has 0 radical (unpaired) electrons. The highest BCUT2D eigenvalue weighted by Gasteiger charge is 2.67. The Morgan fingerprint density at radius 1 is 1.31 bits per heavy atom.